The lowest BCUT2D eigenvalue weighted by molar-refractivity contribution is 0.367. The molecule has 12 heavy (non-hydrogen) atoms. The minimum absolute atomic E-state index is 0.512. The standard InChI is InChI=1S/C9H9NOS/c12-11-6-8-5-7-3-1-2-4-9(7)10-8/h1-5,10,12H,6H2. The number of rotatable bonds is 2. The Morgan fingerprint density at radius 2 is 2.17 bits per heavy atom. The number of nitrogens with one attached hydrogen (secondary N) is 1. The molecule has 0 saturated carbocycles. The van der Waals surface area contributed by atoms with E-state index in [1.807, 2.05) is 18.2 Å². The van der Waals surface area contributed by atoms with Crippen LogP contribution in [0.4, 0.5) is 0 Å². The van der Waals surface area contributed by atoms with Crippen LogP contribution in [0.3, 0.4) is 0 Å². The quantitative estimate of drug-likeness (QED) is 0.537. The monoisotopic (exact) mass is 179 g/mol. The summed E-state index contributed by atoms with van der Waals surface area (Å²) in [5, 5.41) is 1.21. The summed E-state index contributed by atoms with van der Waals surface area (Å²) < 4.78 is 4.72. The average molecular weight is 179 g/mol. The van der Waals surface area contributed by atoms with Crippen LogP contribution in [0.2, 0.25) is 0 Å². The Bertz CT molecular complexity index is 350. The third kappa shape index (κ3) is 1.33. The van der Waals surface area contributed by atoms with Crippen molar-refractivity contribution in [3.63, 3.8) is 0 Å². The van der Waals surface area contributed by atoms with E-state index < -0.39 is 0 Å². The van der Waals surface area contributed by atoms with Gasteiger partial charge in [-0.3, -0.25) is 0 Å². The number of H-pyrrole nitrogens is 1. The molecule has 0 spiro atoms. The van der Waals surface area contributed by atoms with E-state index in [-0.39, 0.29) is 0 Å². The summed E-state index contributed by atoms with van der Waals surface area (Å²) in [6, 6.07) is 10.2. The first kappa shape index (κ1) is 7.71. The molecule has 0 unspecified atom stereocenters. The summed E-state index contributed by atoms with van der Waals surface area (Å²) in [4.78, 5) is 3.22. The molecule has 1 heterocycles. The van der Waals surface area contributed by atoms with Crippen molar-refractivity contribution in [2.75, 3.05) is 0 Å². The van der Waals surface area contributed by atoms with E-state index in [1.54, 1.807) is 0 Å². The molecule has 0 bridgehead atoms. The molecule has 1 N–H and O–H groups in total. The molecule has 2 aromatic rings. The van der Waals surface area contributed by atoms with Gasteiger partial charge in [-0.2, -0.15) is 0 Å². The highest BCUT2D eigenvalue weighted by atomic mass is 32.1. The Labute approximate surface area is 76.2 Å². The lowest BCUT2D eigenvalue weighted by atomic mass is 10.2. The van der Waals surface area contributed by atoms with Gasteiger partial charge in [-0.25, -0.2) is 0 Å². The SMILES string of the molecule is SOCc1cc2ccccc2[nH]1. The predicted molar refractivity (Wildman–Crippen MR) is 52.1 cm³/mol. The number of thiol groups is 1. The van der Waals surface area contributed by atoms with E-state index in [0.29, 0.717) is 6.61 Å². The van der Waals surface area contributed by atoms with Crippen LogP contribution in [-0.4, -0.2) is 4.98 Å². The first-order valence-electron chi connectivity index (χ1n) is 3.73. The van der Waals surface area contributed by atoms with Gasteiger partial charge in [-0.05, 0) is 30.4 Å². The summed E-state index contributed by atoms with van der Waals surface area (Å²) in [7, 11) is 0. The number of benzene rings is 1. The normalized spacial score (nSPS) is 10.8. The maximum atomic E-state index is 4.72. The van der Waals surface area contributed by atoms with Crippen molar-refractivity contribution in [1.29, 1.82) is 0 Å². The molecule has 0 fully saturated rings. The minimum atomic E-state index is 0.512. The second-order valence-electron chi connectivity index (χ2n) is 2.66. The van der Waals surface area contributed by atoms with Crippen molar-refractivity contribution in [3.8, 4) is 0 Å². The summed E-state index contributed by atoms with van der Waals surface area (Å²) in [5.74, 6) is 0. The number of fused-ring (bicyclic) bond motifs is 1. The minimum Gasteiger partial charge on any atom is -0.356 e. The van der Waals surface area contributed by atoms with E-state index >= 15 is 0 Å². The number of aromatic nitrogens is 1. The summed E-state index contributed by atoms with van der Waals surface area (Å²) in [5.41, 5.74) is 2.18. The van der Waals surface area contributed by atoms with E-state index in [0.717, 1.165) is 11.2 Å². The number of aromatic amines is 1. The molecule has 3 heteroatoms. The third-order valence-electron chi connectivity index (χ3n) is 1.81. The van der Waals surface area contributed by atoms with Gasteiger partial charge in [0, 0.05) is 11.2 Å². The van der Waals surface area contributed by atoms with Gasteiger partial charge in [0.15, 0.2) is 0 Å². The van der Waals surface area contributed by atoms with Crippen LogP contribution in [0.15, 0.2) is 30.3 Å². The number of para-hydroxylation sites is 1. The Morgan fingerprint density at radius 3 is 2.92 bits per heavy atom. The Hall–Kier alpha value is -0.930. The fraction of sp³-hybridized carbons (Fsp3) is 0.111. The highest BCUT2D eigenvalue weighted by Gasteiger charge is 1.97. The largest absolute Gasteiger partial charge is 0.356 e. The van der Waals surface area contributed by atoms with Gasteiger partial charge in [0.25, 0.3) is 0 Å². The molecule has 0 aliphatic heterocycles. The Balaban J connectivity index is 2.47. The molecule has 0 amide bonds. The molecule has 0 radical (unpaired) electrons. The molecule has 2 rings (SSSR count). The van der Waals surface area contributed by atoms with Gasteiger partial charge in [0.1, 0.15) is 6.61 Å². The Morgan fingerprint density at radius 1 is 1.33 bits per heavy atom. The van der Waals surface area contributed by atoms with Crippen molar-refractivity contribution < 1.29 is 4.18 Å². The smallest absolute Gasteiger partial charge is 0.101 e. The fourth-order valence-corrected chi connectivity index (χ4v) is 1.42. The van der Waals surface area contributed by atoms with Gasteiger partial charge in [0.2, 0.25) is 0 Å². The zero-order chi connectivity index (χ0) is 8.39. The molecule has 1 aromatic heterocycles. The fourth-order valence-electron chi connectivity index (χ4n) is 1.28. The summed E-state index contributed by atoms with van der Waals surface area (Å²) >= 11 is 3.69. The van der Waals surface area contributed by atoms with Crippen LogP contribution in [-0.2, 0) is 10.8 Å². The zero-order valence-corrected chi connectivity index (χ0v) is 7.34. The molecule has 62 valence electrons. The average Bonchev–Trinajstić information content (AvgIpc) is 2.47. The molecule has 0 saturated heterocycles. The van der Waals surface area contributed by atoms with Crippen LogP contribution in [0.25, 0.3) is 10.9 Å². The molecular formula is C9H9NOS. The highest BCUT2D eigenvalue weighted by Crippen LogP contribution is 2.15. The highest BCUT2D eigenvalue weighted by molar-refractivity contribution is 7.75. The van der Waals surface area contributed by atoms with E-state index in [1.165, 1.54) is 5.39 Å². The van der Waals surface area contributed by atoms with Crippen molar-refractivity contribution in [1.82, 2.24) is 4.98 Å². The number of hydrogen-bond acceptors (Lipinski definition) is 2. The third-order valence-corrected chi connectivity index (χ3v) is 1.93. The second-order valence-corrected chi connectivity index (χ2v) is 2.91. The van der Waals surface area contributed by atoms with Crippen molar-refractivity contribution in [2.45, 2.75) is 6.61 Å². The van der Waals surface area contributed by atoms with Crippen molar-refractivity contribution in [2.24, 2.45) is 0 Å². The van der Waals surface area contributed by atoms with Gasteiger partial charge >= 0.3 is 0 Å². The topological polar surface area (TPSA) is 25.0 Å². The summed E-state index contributed by atoms with van der Waals surface area (Å²) in [6.07, 6.45) is 0. The molecular weight excluding hydrogens is 170 g/mol. The second kappa shape index (κ2) is 3.21. The van der Waals surface area contributed by atoms with Crippen LogP contribution in [0, 0.1) is 0 Å². The van der Waals surface area contributed by atoms with Crippen LogP contribution in [0.5, 0.6) is 0 Å². The van der Waals surface area contributed by atoms with E-state index in [9.17, 15) is 0 Å². The first-order valence-corrected chi connectivity index (χ1v) is 4.09. The molecule has 0 aliphatic rings. The van der Waals surface area contributed by atoms with E-state index in [4.69, 9.17) is 4.18 Å². The summed E-state index contributed by atoms with van der Waals surface area (Å²) in [6.45, 7) is 0.512. The lowest BCUT2D eigenvalue weighted by Crippen LogP contribution is -1.81. The maximum absolute atomic E-state index is 4.72. The predicted octanol–water partition coefficient (Wildman–Crippen LogP) is 2.53. The molecule has 0 atom stereocenters. The van der Waals surface area contributed by atoms with Gasteiger partial charge < -0.3 is 9.17 Å². The Kier molecular flexibility index (Phi) is 2.06. The van der Waals surface area contributed by atoms with Crippen LogP contribution in [0.1, 0.15) is 5.69 Å². The van der Waals surface area contributed by atoms with Gasteiger partial charge in [-0.1, -0.05) is 18.2 Å². The van der Waals surface area contributed by atoms with Gasteiger partial charge in [-0.15, -0.1) is 0 Å². The van der Waals surface area contributed by atoms with Crippen LogP contribution >= 0.6 is 12.9 Å². The lowest BCUT2D eigenvalue weighted by Gasteiger charge is -1.89. The van der Waals surface area contributed by atoms with Crippen molar-refractivity contribution >= 4 is 23.8 Å². The maximum Gasteiger partial charge on any atom is 0.101 e. The van der Waals surface area contributed by atoms with E-state index in [2.05, 4.69) is 30.0 Å². The zero-order valence-electron chi connectivity index (χ0n) is 6.45. The molecule has 2 nitrogen and oxygen atoms in total. The van der Waals surface area contributed by atoms with Crippen molar-refractivity contribution in [3.05, 3.63) is 36.0 Å². The number of hydrogen-bond donors (Lipinski definition) is 2. The molecule has 0 aliphatic carbocycles. The van der Waals surface area contributed by atoms with Crippen LogP contribution < -0.4 is 0 Å². The first-order chi connectivity index (χ1) is 5.90. The molecule has 1 aromatic carbocycles. The van der Waals surface area contributed by atoms with Gasteiger partial charge in [0.05, 0.1) is 0 Å².